The summed E-state index contributed by atoms with van der Waals surface area (Å²) in [6.45, 7) is 1.59. The number of halogens is 3. The van der Waals surface area contributed by atoms with Gasteiger partial charge in [0, 0.05) is 18.2 Å². The van der Waals surface area contributed by atoms with Crippen LogP contribution in [-0.2, 0) is 4.74 Å². The molecule has 1 aromatic rings. The van der Waals surface area contributed by atoms with E-state index >= 15 is 0 Å². The van der Waals surface area contributed by atoms with E-state index in [1.807, 2.05) is 6.07 Å². The van der Waals surface area contributed by atoms with Crippen molar-refractivity contribution in [3.8, 4) is 0 Å². The normalized spacial score (nSPS) is 18.1. The van der Waals surface area contributed by atoms with E-state index in [9.17, 15) is 0 Å². The van der Waals surface area contributed by atoms with Gasteiger partial charge in [-0.25, -0.2) is 0 Å². The van der Waals surface area contributed by atoms with Gasteiger partial charge in [0.2, 0.25) is 0 Å². The van der Waals surface area contributed by atoms with Crippen LogP contribution in [0.15, 0.2) is 12.1 Å². The molecule has 0 bridgehead atoms. The lowest BCUT2D eigenvalue weighted by Crippen LogP contribution is -2.14. The maximum absolute atomic E-state index is 6.15. The second kappa shape index (κ2) is 4.92. The highest BCUT2D eigenvalue weighted by Crippen LogP contribution is 2.36. The highest BCUT2D eigenvalue weighted by molar-refractivity contribution is 6.43. The minimum Gasteiger partial charge on any atom is -0.381 e. The van der Waals surface area contributed by atoms with E-state index in [0.717, 1.165) is 31.6 Å². The third kappa shape index (κ3) is 2.59. The van der Waals surface area contributed by atoms with Crippen LogP contribution in [0.25, 0.3) is 0 Å². The fourth-order valence-corrected chi connectivity index (χ4v) is 2.57. The van der Waals surface area contributed by atoms with Crippen molar-refractivity contribution in [2.75, 3.05) is 13.2 Å². The maximum atomic E-state index is 6.15. The standard InChI is InChI=1S/C11H11Cl3O/c12-9-6-11(14)10(13)5-8(9)7-1-3-15-4-2-7/h5-7H,1-4H2. The molecule has 1 aliphatic rings. The molecule has 0 atom stereocenters. The SMILES string of the molecule is Clc1cc(Cl)c(C2CCOCC2)cc1Cl. The van der Waals surface area contributed by atoms with E-state index in [-0.39, 0.29) is 0 Å². The summed E-state index contributed by atoms with van der Waals surface area (Å²) >= 11 is 18.0. The van der Waals surface area contributed by atoms with Crippen LogP contribution in [0.1, 0.15) is 24.3 Å². The van der Waals surface area contributed by atoms with Crippen LogP contribution in [0.2, 0.25) is 15.1 Å². The molecule has 0 N–H and O–H groups in total. The van der Waals surface area contributed by atoms with Crippen LogP contribution in [0.4, 0.5) is 0 Å². The Bertz CT molecular complexity index is 359. The molecular formula is C11H11Cl3O. The quantitative estimate of drug-likeness (QED) is 0.677. The Labute approximate surface area is 104 Å². The average molecular weight is 266 g/mol. The van der Waals surface area contributed by atoms with Crippen LogP contribution in [0, 0.1) is 0 Å². The number of hydrogen-bond donors (Lipinski definition) is 0. The van der Waals surface area contributed by atoms with Crippen LogP contribution >= 0.6 is 34.8 Å². The van der Waals surface area contributed by atoms with Crippen LogP contribution in [0.5, 0.6) is 0 Å². The molecule has 2 rings (SSSR count). The summed E-state index contributed by atoms with van der Waals surface area (Å²) in [5.41, 5.74) is 1.09. The zero-order valence-corrected chi connectivity index (χ0v) is 10.4. The second-order valence-electron chi connectivity index (χ2n) is 3.67. The monoisotopic (exact) mass is 264 g/mol. The predicted octanol–water partition coefficient (Wildman–Crippen LogP) is 4.54. The highest BCUT2D eigenvalue weighted by Gasteiger charge is 2.19. The van der Waals surface area contributed by atoms with Crippen molar-refractivity contribution in [1.82, 2.24) is 0 Å². The summed E-state index contributed by atoms with van der Waals surface area (Å²) in [4.78, 5) is 0. The molecule has 0 radical (unpaired) electrons. The van der Waals surface area contributed by atoms with E-state index in [0.29, 0.717) is 21.0 Å². The Balaban J connectivity index is 2.30. The molecule has 0 unspecified atom stereocenters. The van der Waals surface area contributed by atoms with Crippen LogP contribution in [-0.4, -0.2) is 13.2 Å². The molecule has 0 saturated carbocycles. The molecule has 1 aliphatic heterocycles. The van der Waals surface area contributed by atoms with Crippen LogP contribution in [0.3, 0.4) is 0 Å². The highest BCUT2D eigenvalue weighted by atomic mass is 35.5. The predicted molar refractivity (Wildman–Crippen MR) is 64.3 cm³/mol. The fourth-order valence-electron chi connectivity index (χ4n) is 1.86. The van der Waals surface area contributed by atoms with E-state index in [2.05, 4.69) is 0 Å². The van der Waals surface area contributed by atoms with Crippen molar-refractivity contribution in [3.63, 3.8) is 0 Å². The van der Waals surface area contributed by atoms with E-state index in [1.165, 1.54) is 0 Å². The lowest BCUT2D eigenvalue weighted by Gasteiger charge is -2.23. The van der Waals surface area contributed by atoms with Gasteiger partial charge in [0.15, 0.2) is 0 Å². The molecule has 82 valence electrons. The third-order valence-electron chi connectivity index (χ3n) is 2.70. The van der Waals surface area contributed by atoms with Gasteiger partial charge >= 0.3 is 0 Å². The molecule has 1 heterocycles. The van der Waals surface area contributed by atoms with Gasteiger partial charge in [-0.3, -0.25) is 0 Å². The molecule has 0 spiro atoms. The van der Waals surface area contributed by atoms with Crippen molar-refractivity contribution in [1.29, 1.82) is 0 Å². The molecule has 1 aromatic carbocycles. The average Bonchev–Trinajstić information content (AvgIpc) is 2.25. The topological polar surface area (TPSA) is 9.23 Å². The first-order valence-corrected chi connectivity index (χ1v) is 6.04. The summed E-state index contributed by atoms with van der Waals surface area (Å²) in [6, 6.07) is 3.60. The van der Waals surface area contributed by atoms with Crippen molar-refractivity contribution in [2.24, 2.45) is 0 Å². The largest absolute Gasteiger partial charge is 0.381 e. The van der Waals surface area contributed by atoms with Crippen LogP contribution < -0.4 is 0 Å². The molecule has 4 heteroatoms. The second-order valence-corrected chi connectivity index (χ2v) is 4.90. The summed E-state index contributed by atoms with van der Waals surface area (Å²) in [6.07, 6.45) is 2.00. The van der Waals surface area contributed by atoms with Crippen molar-refractivity contribution in [2.45, 2.75) is 18.8 Å². The molecule has 0 aliphatic carbocycles. The number of benzene rings is 1. The molecule has 1 nitrogen and oxygen atoms in total. The van der Waals surface area contributed by atoms with Gasteiger partial charge in [-0.05, 0) is 36.5 Å². The summed E-state index contributed by atoms with van der Waals surface area (Å²) < 4.78 is 5.31. The third-order valence-corrected chi connectivity index (χ3v) is 3.75. The van der Waals surface area contributed by atoms with Crippen molar-refractivity contribution in [3.05, 3.63) is 32.8 Å². The van der Waals surface area contributed by atoms with E-state index < -0.39 is 0 Å². The Kier molecular flexibility index (Phi) is 3.78. The summed E-state index contributed by atoms with van der Waals surface area (Å²) in [5.74, 6) is 0.445. The van der Waals surface area contributed by atoms with E-state index in [1.54, 1.807) is 6.07 Å². The minimum absolute atomic E-state index is 0.445. The fraction of sp³-hybridized carbons (Fsp3) is 0.455. The number of ether oxygens (including phenoxy) is 1. The van der Waals surface area contributed by atoms with Gasteiger partial charge in [0.25, 0.3) is 0 Å². The summed E-state index contributed by atoms with van der Waals surface area (Å²) in [7, 11) is 0. The lowest BCUT2D eigenvalue weighted by atomic mass is 9.92. The van der Waals surface area contributed by atoms with Crippen molar-refractivity contribution < 1.29 is 4.74 Å². The van der Waals surface area contributed by atoms with E-state index in [4.69, 9.17) is 39.5 Å². The molecule has 1 fully saturated rings. The number of hydrogen-bond acceptors (Lipinski definition) is 1. The first-order chi connectivity index (χ1) is 7.18. The minimum atomic E-state index is 0.445. The van der Waals surface area contributed by atoms with Gasteiger partial charge in [-0.1, -0.05) is 34.8 Å². The Morgan fingerprint density at radius 1 is 0.933 bits per heavy atom. The van der Waals surface area contributed by atoms with Gasteiger partial charge in [-0.15, -0.1) is 0 Å². The van der Waals surface area contributed by atoms with Gasteiger partial charge in [-0.2, -0.15) is 0 Å². The van der Waals surface area contributed by atoms with Gasteiger partial charge in [0.1, 0.15) is 0 Å². The first kappa shape index (κ1) is 11.5. The Morgan fingerprint density at radius 3 is 2.20 bits per heavy atom. The van der Waals surface area contributed by atoms with Gasteiger partial charge in [0.05, 0.1) is 10.0 Å². The smallest absolute Gasteiger partial charge is 0.0607 e. The number of rotatable bonds is 1. The molecule has 15 heavy (non-hydrogen) atoms. The zero-order valence-electron chi connectivity index (χ0n) is 8.10. The Hall–Kier alpha value is 0.0500. The first-order valence-electron chi connectivity index (χ1n) is 4.90. The lowest BCUT2D eigenvalue weighted by molar-refractivity contribution is 0.0853. The zero-order chi connectivity index (χ0) is 10.8. The molecular weight excluding hydrogens is 254 g/mol. The maximum Gasteiger partial charge on any atom is 0.0607 e. The summed E-state index contributed by atoms with van der Waals surface area (Å²) in [5, 5.41) is 1.79. The van der Waals surface area contributed by atoms with Gasteiger partial charge < -0.3 is 4.74 Å². The van der Waals surface area contributed by atoms with Crippen molar-refractivity contribution >= 4 is 34.8 Å². The Morgan fingerprint density at radius 2 is 1.53 bits per heavy atom. The molecule has 0 amide bonds. The molecule has 0 aromatic heterocycles. The molecule has 1 saturated heterocycles.